The monoisotopic (exact) mass is 228 g/mol. The maximum Gasteiger partial charge on any atom is 0.330 e. The number of rotatable bonds is 7. The molecule has 0 aromatic carbocycles. The van der Waals surface area contributed by atoms with Crippen molar-refractivity contribution in [3.05, 3.63) is 11.6 Å². The fourth-order valence-corrected chi connectivity index (χ4v) is 1.50. The van der Waals surface area contributed by atoms with Crippen molar-refractivity contribution in [1.82, 2.24) is 0 Å². The smallest absolute Gasteiger partial charge is 0.330 e. The van der Waals surface area contributed by atoms with Crippen LogP contribution < -0.4 is 0 Å². The largest absolute Gasteiger partial charge is 0.466 e. The summed E-state index contributed by atoms with van der Waals surface area (Å²) in [7, 11) is 3.14. The molecule has 3 heteroatoms. The highest BCUT2D eigenvalue weighted by atomic mass is 16.5. The minimum Gasteiger partial charge on any atom is -0.466 e. The van der Waals surface area contributed by atoms with Crippen LogP contribution in [0.5, 0.6) is 0 Å². The molecule has 0 rings (SSSR count). The van der Waals surface area contributed by atoms with Gasteiger partial charge in [-0.05, 0) is 39.5 Å². The second-order valence-corrected chi connectivity index (χ2v) is 4.37. The molecule has 0 aliphatic carbocycles. The molecule has 0 spiro atoms. The van der Waals surface area contributed by atoms with E-state index in [9.17, 15) is 4.79 Å². The molecule has 0 aromatic heterocycles. The summed E-state index contributed by atoms with van der Waals surface area (Å²) in [4.78, 5) is 11.0. The maximum atomic E-state index is 11.0. The fourth-order valence-electron chi connectivity index (χ4n) is 1.50. The zero-order chi connectivity index (χ0) is 12.6. The first-order valence-corrected chi connectivity index (χ1v) is 5.77. The van der Waals surface area contributed by atoms with Crippen molar-refractivity contribution >= 4 is 5.97 Å². The number of carbonyl (C=O) groups is 1. The highest BCUT2D eigenvalue weighted by Gasteiger charge is 2.19. The van der Waals surface area contributed by atoms with E-state index < -0.39 is 0 Å². The SMILES string of the molecule is CCC(C)(CCCC(C)=CC(=O)OC)OC. The van der Waals surface area contributed by atoms with E-state index in [4.69, 9.17) is 4.74 Å². The van der Waals surface area contributed by atoms with Crippen LogP contribution in [-0.4, -0.2) is 25.8 Å². The Morgan fingerprint density at radius 3 is 2.44 bits per heavy atom. The van der Waals surface area contributed by atoms with Crippen molar-refractivity contribution in [3.63, 3.8) is 0 Å². The highest BCUT2D eigenvalue weighted by molar-refractivity contribution is 5.82. The molecular weight excluding hydrogens is 204 g/mol. The summed E-state index contributed by atoms with van der Waals surface area (Å²) in [6, 6.07) is 0. The summed E-state index contributed by atoms with van der Waals surface area (Å²) in [5.41, 5.74) is 1.02. The second kappa shape index (κ2) is 7.44. The van der Waals surface area contributed by atoms with E-state index in [2.05, 4.69) is 18.6 Å². The minimum atomic E-state index is -0.275. The third-order valence-corrected chi connectivity index (χ3v) is 3.08. The number of methoxy groups -OCH3 is 2. The number of hydrogen-bond acceptors (Lipinski definition) is 3. The topological polar surface area (TPSA) is 35.5 Å². The summed E-state index contributed by atoms with van der Waals surface area (Å²) in [5, 5.41) is 0. The average molecular weight is 228 g/mol. The Labute approximate surface area is 98.8 Å². The summed E-state index contributed by atoms with van der Waals surface area (Å²) in [5.74, 6) is -0.275. The van der Waals surface area contributed by atoms with Gasteiger partial charge in [-0.3, -0.25) is 0 Å². The van der Waals surface area contributed by atoms with Gasteiger partial charge in [0, 0.05) is 13.2 Å². The molecule has 1 atom stereocenters. The lowest BCUT2D eigenvalue weighted by atomic mass is 9.94. The van der Waals surface area contributed by atoms with Gasteiger partial charge in [0.15, 0.2) is 0 Å². The van der Waals surface area contributed by atoms with E-state index in [1.54, 1.807) is 13.2 Å². The Bertz CT molecular complexity index is 240. The molecule has 16 heavy (non-hydrogen) atoms. The zero-order valence-corrected chi connectivity index (χ0v) is 11.1. The number of allylic oxidation sites excluding steroid dienone is 1. The van der Waals surface area contributed by atoms with Crippen molar-refractivity contribution in [2.45, 2.75) is 52.1 Å². The van der Waals surface area contributed by atoms with Crippen LogP contribution in [0.25, 0.3) is 0 Å². The first-order chi connectivity index (χ1) is 7.47. The molecule has 0 aromatic rings. The van der Waals surface area contributed by atoms with Crippen LogP contribution in [0, 0.1) is 0 Å². The van der Waals surface area contributed by atoms with E-state index in [0.29, 0.717) is 0 Å². The van der Waals surface area contributed by atoms with Gasteiger partial charge in [-0.15, -0.1) is 0 Å². The quantitative estimate of drug-likeness (QED) is 0.496. The third kappa shape index (κ3) is 5.91. The predicted molar refractivity (Wildman–Crippen MR) is 65.3 cm³/mol. The second-order valence-electron chi connectivity index (χ2n) is 4.37. The van der Waals surface area contributed by atoms with Gasteiger partial charge in [0.2, 0.25) is 0 Å². The molecule has 0 amide bonds. The van der Waals surface area contributed by atoms with E-state index in [0.717, 1.165) is 31.3 Å². The summed E-state index contributed by atoms with van der Waals surface area (Å²) in [6.45, 7) is 6.19. The average Bonchev–Trinajstić information content (AvgIpc) is 2.28. The van der Waals surface area contributed by atoms with Crippen LogP contribution in [0.1, 0.15) is 46.5 Å². The van der Waals surface area contributed by atoms with Gasteiger partial charge in [-0.2, -0.15) is 0 Å². The van der Waals surface area contributed by atoms with Gasteiger partial charge >= 0.3 is 5.97 Å². The van der Waals surface area contributed by atoms with Crippen LogP contribution >= 0.6 is 0 Å². The van der Waals surface area contributed by atoms with E-state index in [1.807, 2.05) is 6.92 Å². The number of carbonyl (C=O) groups excluding carboxylic acids is 1. The van der Waals surface area contributed by atoms with Crippen LogP contribution in [0.2, 0.25) is 0 Å². The molecule has 3 nitrogen and oxygen atoms in total. The van der Waals surface area contributed by atoms with Crippen LogP contribution in [0.3, 0.4) is 0 Å². The molecular formula is C13H24O3. The molecule has 0 bridgehead atoms. The van der Waals surface area contributed by atoms with Crippen molar-refractivity contribution < 1.29 is 14.3 Å². The summed E-state index contributed by atoms with van der Waals surface area (Å²) >= 11 is 0. The Morgan fingerprint density at radius 2 is 2.00 bits per heavy atom. The molecule has 0 N–H and O–H groups in total. The van der Waals surface area contributed by atoms with Crippen LogP contribution in [0.4, 0.5) is 0 Å². The molecule has 94 valence electrons. The molecule has 1 unspecified atom stereocenters. The first-order valence-electron chi connectivity index (χ1n) is 5.77. The number of hydrogen-bond donors (Lipinski definition) is 0. The summed E-state index contributed by atoms with van der Waals surface area (Å²) < 4.78 is 10.0. The lowest BCUT2D eigenvalue weighted by Gasteiger charge is -2.26. The van der Waals surface area contributed by atoms with E-state index in [-0.39, 0.29) is 11.6 Å². The van der Waals surface area contributed by atoms with Crippen molar-refractivity contribution in [3.8, 4) is 0 Å². The first kappa shape index (κ1) is 15.2. The lowest BCUT2D eigenvalue weighted by molar-refractivity contribution is -0.134. The lowest BCUT2D eigenvalue weighted by Crippen LogP contribution is -2.25. The van der Waals surface area contributed by atoms with Gasteiger partial charge in [0.05, 0.1) is 12.7 Å². The fraction of sp³-hybridized carbons (Fsp3) is 0.769. The predicted octanol–water partition coefficient (Wildman–Crippen LogP) is 3.09. The van der Waals surface area contributed by atoms with Crippen molar-refractivity contribution in [1.29, 1.82) is 0 Å². The molecule has 0 fully saturated rings. The Hall–Kier alpha value is -0.830. The molecule has 0 aliphatic rings. The number of esters is 1. The molecule has 0 radical (unpaired) electrons. The molecule has 0 heterocycles. The van der Waals surface area contributed by atoms with Gasteiger partial charge in [-0.1, -0.05) is 12.5 Å². The van der Waals surface area contributed by atoms with Gasteiger partial charge in [0.1, 0.15) is 0 Å². The number of ether oxygens (including phenoxy) is 2. The van der Waals surface area contributed by atoms with Gasteiger partial charge in [-0.25, -0.2) is 4.79 Å². The molecule has 0 aliphatic heterocycles. The highest BCUT2D eigenvalue weighted by Crippen LogP contribution is 2.22. The van der Waals surface area contributed by atoms with Crippen molar-refractivity contribution in [2.24, 2.45) is 0 Å². The van der Waals surface area contributed by atoms with Crippen LogP contribution in [-0.2, 0) is 14.3 Å². The van der Waals surface area contributed by atoms with Crippen LogP contribution in [0.15, 0.2) is 11.6 Å². The zero-order valence-electron chi connectivity index (χ0n) is 11.1. The van der Waals surface area contributed by atoms with E-state index in [1.165, 1.54) is 7.11 Å². The maximum absolute atomic E-state index is 11.0. The normalized spacial score (nSPS) is 15.7. The minimum absolute atomic E-state index is 0.0362. The van der Waals surface area contributed by atoms with Gasteiger partial charge in [0.25, 0.3) is 0 Å². The Kier molecular flexibility index (Phi) is 7.06. The molecule has 0 saturated carbocycles. The summed E-state index contributed by atoms with van der Waals surface area (Å²) in [6.07, 6.45) is 5.50. The molecule has 0 saturated heterocycles. The standard InChI is InChI=1S/C13H24O3/c1-6-13(3,16-5)9-7-8-11(2)10-12(14)15-4/h10H,6-9H2,1-5H3. The Morgan fingerprint density at radius 1 is 1.38 bits per heavy atom. The van der Waals surface area contributed by atoms with Gasteiger partial charge < -0.3 is 9.47 Å². The third-order valence-electron chi connectivity index (χ3n) is 3.08. The Balaban J connectivity index is 3.98. The van der Waals surface area contributed by atoms with Crippen molar-refractivity contribution in [2.75, 3.05) is 14.2 Å². The van der Waals surface area contributed by atoms with E-state index >= 15 is 0 Å².